The van der Waals surface area contributed by atoms with Crippen LogP contribution < -0.4 is 5.32 Å². The minimum absolute atomic E-state index is 0.507. The van der Waals surface area contributed by atoms with Gasteiger partial charge in [0.25, 0.3) is 0 Å². The van der Waals surface area contributed by atoms with E-state index in [2.05, 4.69) is 58.8 Å². The fourth-order valence-electron chi connectivity index (χ4n) is 2.13. The van der Waals surface area contributed by atoms with E-state index in [0.717, 1.165) is 12.2 Å². The van der Waals surface area contributed by atoms with Crippen molar-refractivity contribution < 1.29 is 0 Å². The second-order valence-corrected chi connectivity index (χ2v) is 5.17. The van der Waals surface area contributed by atoms with Crippen LogP contribution in [0, 0.1) is 0 Å². The van der Waals surface area contributed by atoms with E-state index in [1.807, 2.05) is 12.1 Å². The average Bonchev–Trinajstić information content (AvgIpc) is 2.56. The largest absolute Gasteiger partial charge is 0.380 e. The summed E-state index contributed by atoms with van der Waals surface area (Å²) in [6, 6.07) is 22.6. The van der Waals surface area contributed by atoms with Crippen molar-refractivity contribution in [3.05, 3.63) is 83.6 Å². The predicted molar refractivity (Wildman–Crippen MR) is 88.5 cm³/mol. The Balaban J connectivity index is 1.66. The Bertz CT molecular complexity index is 692. The van der Waals surface area contributed by atoms with Crippen LogP contribution in [0.3, 0.4) is 0 Å². The van der Waals surface area contributed by atoms with E-state index in [1.165, 1.54) is 16.7 Å². The van der Waals surface area contributed by atoms with Gasteiger partial charge in [0, 0.05) is 6.54 Å². The SMILES string of the molecule is Clc1ccc(NCc2ccc(-c3ccccc3)cc2)cn1. The molecule has 3 aromatic rings. The van der Waals surface area contributed by atoms with E-state index in [4.69, 9.17) is 11.6 Å². The van der Waals surface area contributed by atoms with Crippen LogP contribution in [0.2, 0.25) is 5.15 Å². The molecular formula is C18H15ClN2. The molecule has 0 amide bonds. The minimum atomic E-state index is 0.507. The lowest BCUT2D eigenvalue weighted by molar-refractivity contribution is 1.14. The third-order valence-corrected chi connectivity index (χ3v) is 3.51. The van der Waals surface area contributed by atoms with Crippen LogP contribution in [0.4, 0.5) is 5.69 Å². The number of nitrogens with zero attached hydrogens (tertiary/aromatic N) is 1. The van der Waals surface area contributed by atoms with Crippen LogP contribution in [0.15, 0.2) is 72.9 Å². The van der Waals surface area contributed by atoms with Crippen molar-refractivity contribution in [2.45, 2.75) is 6.54 Å². The highest BCUT2D eigenvalue weighted by molar-refractivity contribution is 6.29. The molecule has 0 saturated carbocycles. The molecule has 1 N–H and O–H groups in total. The molecule has 3 rings (SSSR count). The van der Waals surface area contributed by atoms with Crippen LogP contribution in [0.25, 0.3) is 11.1 Å². The standard InChI is InChI=1S/C18H15ClN2/c19-18-11-10-17(13-21-18)20-12-14-6-8-16(9-7-14)15-4-2-1-3-5-15/h1-11,13,20H,12H2. The Kier molecular flexibility index (Phi) is 4.17. The van der Waals surface area contributed by atoms with Gasteiger partial charge in [0.1, 0.15) is 5.15 Å². The van der Waals surface area contributed by atoms with Crippen molar-refractivity contribution in [2.24, 2.45) is 0 Å². The first-order valence-electron chi connectivity index (χ1n) is 6.81. The molecule has 0 spiro atoms. The van der Waals surface area contributed by atoms with Gasteiger partial charge in [-0.15, -0.1) is 0 Å². The van der Waals surface area contributed by atoms with Crippen molar-refractivity contribution in [3.8, 4) is 11.1 Å². The Morgan fingerprint density at radius 1 is 0.810 bits per heavy atom. The van der Waals surface area contributed by atoms with Gasteiger partial charge in [0.05, 0.1) is 11.9 Å². The van der Waals surface area contributed by atoms with Gasteiger partial charge in [-0.05, 0) is 28.8 Å². The lowest BCUT2D eigenvalue weighted by Gasteiger charge is -2.07. The van der Waals surface area contributed by atoms with E-state index < -0.39 is 0 Å². The Morgan fingerprint density at radius 2 is 1.52 bits per heavy atom. The fraction of sp³-hybridized carbons (Fsp3) is 0.0556. The van der Waals surface area contributed by atoms with Crippen molar-refractivity contribution in [2.75, 3.05) is 5.32 Å². The molecule has 0 aliphatic rings. The van der Waals surface area contributed by atoms with E-state index >= 15 is 0 Å². The number of halogens is 1. The zero-order valence-electron chi connectivity index (χ0n) is 11.5. The maximum atomic E-state index is 5.77. The van der Waals surface area contributed by atoms with Gasteiger partial charge in [-0.25, -0.2) is 4.98 Å². The molecule has 0 radical (unpaired) electrons. The highest BCUT2D eigenvalue weighted by Crippen LogP contribution is 2.19. The topological polar surface area (TPSA) is 24.9 Å². The molecule has 0 bridgehead atoms. The highest BCUT2D eigenvalue weighted by Gasteiger charge is 1.98. The summed E-state index contributed by atoms with van der Waals surface area (Å²) in [6.45, 7) is 0.762. The number of nitrogens with one attached hydrogen (secondary N) is 1. The van der Waals surface area contributed by atoms with Gasteiger partial charge in [0.15, 0.2) is 0 Å². The zero-order chi connectivity index (χ0) is 14.5. The normalized spacial score (nSPS) is 10.3. The van der Waals surface area contributed by atoms with Crippen molar-refractivity contribution in [1.29, 1.82) is 0 Å². The Morgan fingerprint density at radius 3 is 2.19 bits per heavy atom. The summed E-state index contributed by atoms with van der Waals surface area (Å²) >= 11 is 5.77. The van der Waals surface area contributed by atoms with Crippen LogP contribution in [-0.4, -0.2) is 4.98 Å². The number of hydrogen-bond donors (Lipinski definition) is 1. The summed E-state index contributed by atoms with van der Waals surface area (Å²) < 4.78 is 0. The smallest absolute Gasteiger partial charge is 0.129 e. The van der Waals surface area contributed by atoms with Gasteiger partial charge in [-0.3, -0.25) is 0 Å². The number of rotatable bonds is 4. The second kappa shape index (κ2) is 6.42. The lowest BCUT2D eigenvalue weighted by atomic mass is 10.0. The van der Waals surface area contributed by atoms with Gasteiger partial charge >= 0.3 is 0 Å². The molecule has 0 aliphatic heterocycles. The molecule has 21 heavy (non-hydrogen) atoms. The van der Waals surface area contributed by atoms with Gasteiger partial charge in [-0.1, -0.05) is 66.2 Å². The molecule has 1 aromatic heterocycles. The Labute approximate surface area is 129 Å². The monoisotopic (exact) mass is 294 g/mol. The molecule has 0 aliphatic carbocycles. The molecule has 0 atom stereocenters. The average molecular weight is 295 g/mol. The highest BCUT2D eigenvalue weighted by atomic mass is 35.5. The van der Waals surface area contributed by atoms with Crippen LogP contribution in [0.1, 0.15) is 5.56 Å². The quantitative estimate of drug-likeness (QED) is 0.684. The summed E-state index contributed by atoms with van der Waals surface area (Å²) in [4.78, 5) is 4.05. The maximum Gasteiger partial charge on any atom is 0.129 e. The summed E-state index contributed by atoms with van der Waals surface area (Å²) in [5.41, 5.74) is 4.66. The summed E-state index contributed by atoms with van der Waals surface area (Å²) in [7, 11) is 0. The number of aromatic nitrogens is 1. The molecule has 104 valence electrons. The fourth-order valence-corrected chi connectivity index (χ4v) is 2.24. The lowest BCUT2D eigenvalue weighted by Crippen LogP contribution is -1.99. The van der Waals surface area contributed by atoms with Gasteiger partial charge in [0.2, 0.25) is 0 Å². The van der Waals surface area contributed by atoms with Crippen LogP contribution in [-0.2, 0) is 6.54 Å². The molecular weight excluding hydrogens is 280 g/mol. The van der Waals surface area contributed by atoms with E-state index in [0.29, 0.717) is 5.15 Å². The van der Waals surface area contributed by atoms with Crippen LogP contribution in [0.5, 0.6) is 0 Å². The third kappa shape index (κ3) is 3.61. The van der Waals surface area contributed by atoms with E-state index in [-0.39, 0.29) is 0 Å². The number of pyridine rings is 1. The van der Waals surface area contributed by atoms with E-state index in [9.17, 15) is 0 Å². The first-order valence-corrected chi connectivity index (χ1v) is 7.19. The number of anilines is 1. The first kappa shape index (κ1) is 13.7. The molecule has 0 saturated heterocycles. The van der Waals surface area contributed by atoms with Crippen molar-refractivity contribution in [3.63, 3.8) is 0 Å². The van der Waals surface area contributed by atoms with Crippen LogP contribution >= 0.6 is 11.6 Å². The van der Waals surface area contributed by atoms with Gasteiger partial charge in [-0.2, -0.15) is 0 Å². The van der Waals surface area contributed by atoms with Crippen molar-refractivity contribution >= 4 is 17.3 Å². The Hall–Kier alpha value is -2.32. The molecule has 0 fully saturated rings. The molecule has 0 unspecified atom stereocenters. The second-order valence-electron chi connectivity index (χ2n) is 4.79. The summed E-state index contributed by atoms with van der Waals surface area (Å²) in [5, 5.41) is 3.83. The summed E-state index contributed by atoms with van der Waals surface area (Å²) in [6.07, 6.45) is 1.74. The molecule has 3 heteroatoms. The predicted octanol–water partition coefficient (Wildman–Crippen LogP) is 5.01. The third-order valence-electron chi connectivity index (χ3n) is 3.29. The number of hydrogen-bond acceptors (Lipinski definition) is 2. The zero-order valence-corrected chi connectivity index (χ0v) is 12.2. The molecule has 2 aromatic carbocycles. The van der Waals surface area contributed by atoms with Gasteiger partial charge < -0.3 is 5.32 Å². The molecule has 2 nitrogen and oxygen atoms in total. The number of benzene rings is 2. The minimum Gasteiger partial charge on any atom is -0.380 e. The van der Waals surface area contributed by atoms with Crippen molar-refractivity contribution in [1.82, 2.24) is 4.98 Å². The maximum absolute atomic E-state index is 5.77. The summed E-state index contributed by atoms with van der Waals surface area (Å²) in [5.74, 6) is 0. The molecule has 1 heterocycles. The van der Waals surface area contributed by atoms with E-state index in [1.54, 1.807) is 12.3 Å². The first-order chi connectivity index (χ1) is 10.3.